The number of rotatable bonds is 11. The second kappa shape index (κ2) is 10.4. The van der Waals surface area contributed by atoms with Gasteiger partial charge in [0.05, 0.1) is 18.6 Å². The van der Waals surface area contributed by atoms with Gasteiger partial charge in [0, 0.05) is 17.8 Å². The van der Waals surface area contributed by atoms with Crippen LogP contribution in [0.15, 0.2) is 47.6 Å². The minimum atomic E-state index is -1.49. The fourth-order valence-corrected chi connectivity index (χ4v) is 7.93. The predicted octanol–water partition coefficient (Wildman–Crippen LogP) is 4.88. The van der Waals surface area contributed by atoms with E-state index in [9.17, 15) is 35.1 Å². The van der Waals surface area contributed by atoms with Gasteiger partial charge in [-0.05, 0) is 85.8 Å². The standard InChI is InChI=1S/C31H46O7/c1-18(2)21-10-11-23-22(28(21,4)14-13-25(34)35)12-15-29(5)26(24(33)16-30(23,29)6)20(27(36)37)9-8-19(3)31(7,38)17-32/h11-12,20-21,24,26,32-33,38H,1,3,8-10,13-17H2,2,4-7H3,(H,34,35)(H,36,37). The number of carbonyl (C=O) groups is 2. The van der Waals surface area contributed by atoms with Crippen molar-refractivity contribution in [2.75, 3.05) is 6.61 Å². The molecule has 0 bridgehead atoms. The Balaban J connectivity index is 2.03. The van der Waals surface area contributed by atoms with E-state index in [1.807, 2.05) is 6.92 Å². The van der Waals surface area contributed by atoms with Gasteiger partial charge in [-0.2, -0.15) is 0 Å². The maximum absolute atomic E-state index is 12.6. The molecule has 3 rings (SSSR count). The first-order valence-electron chi connectivity index (χ1n) is 13.7. The summed E-state index contributed by atoms with van der Waals surface area (Å²) >= 11 is 0. The van der Waals surface area contributed by atoms with Crippen molar-refractivity contribution in [1.82, 2.24) is 0 Å². The van der Waals surface area contributed by atoms with Crippen molar-refractivity contribution in [3.8, 4) is 0 Å². The first-order chi connectivity index (χ1) is 17.5. The van der Waals surface area contributed by atoms with Crippen LogP contribution in [0.1, 0.15) is 79.6 Å². The number of fused-ring (bicyclic) bond motifs is 3. The fourth-order valence-electron chi connectivity index (χ4n) is 7.93. The molecule has 0 spiro atoms. The van der Waals surface area contributed by atoms with Crippen molar-refractivity contribution < 1.29 is 35.1 Å². The summed E-state index contributed by atoms with van der Waals surface area (Å²) in [5.41, 5.74) is 0.657. The van der Waals surface area contributed by atoms with E-state index in [2.05, 4.69) is 46.1 Å². The third-order valence-corrected chi connectivity index (χ3v) is 10.6. The van der Waals surface area contributed by atoms with Crippen LogP contribution in [0.5, 0.6) is 0 Å². The fraction of sp³-hybridized carbons (Fsp3) is 0.677. The summed E-state index contributed by atoms with van der Waals surface area (Å²) in [5.74, 6) is -3.11. The summed E-state index contributed by atoms with van der Waals surface area (Å²) in [7, 11) is 0. The first-order valence-corrected chi connectivity index (χ1v) is 13.7. The van der Waals surface area contributed by atoms with E-state index >= 15 is 0 Å². The molecule has 38 heavy (non-hydrogen) atoms. The molecule has 0 saturated heterocycles. The summed E-state index contributed by atoms with van der Waals surface area (Å²) in [5, 5.41) is 51.1. The molecule has 0 heterocycles. The molecule has 3 aliphatic carbocycles. The molecule has 7 nitrogen and oxygen atoms in total. The zero-order valence-corrected chi connectivity index (χ0v) is 23.6. The van der Waals surface area contributed by atoms with E-state index in [0.29, 0.717) is 24.8 Å². The minimum Gasteiger partial charge on any atom is -0.481 e. The van der Waals surface area contributed by atoms with Crippen LogP contribution >= 0.6 is 0 Å². The smallest absolute Gasteiger partial charge is 0.306 e. The monoisotopic (exact) mass is 530 g/mol. The Bertz CT molecular complexity index is 1070. The lowest BCUT2D eigenvalue weighted by Crippen LogP contribution is -2.48. The molecule has 0 aromatic heterocycles. The molecular formula is C31H46O7. The second-order valence-electron chi connectivity index (χ2n) is 13.0. The number of carboxylic acids is 2. The van der Waals surface area contributed by atoms with Gasteiger partial charge in [-0.1, -0.05) is 51.7 Å². The highest BCUT2D eigenvalue weighted by molar-refractivity contribution is 5.71. The quantitative estimate of drug-likeness (QED) is 0.240. The van der Waals surface area contributed by atoms with Crippen LogP contribution in [-0.4, -0.2) is 55.8 Å². The van der Waals surface area contributed by atoms with Gasteiger partial charge in [0.2, 0.25) is 0 Å². The normalized spacial score (nSPS) is 36.7. The predicted molar refractivity (Wildman–Crippen MR) is 146 cm³/mol. The summed E-state index contributed by atoms with van der Waals surface area (Å²) in [4.78, 5) is 24.1. The van der Waals surface area contributed by atoms with E-state index in [0.717, 1.165) is 23.1 Å². The van der Waals surface area contributed by atoms with Crippen molar-refractivity contribution in [3.63, 3.8) is 0 Å². The topological polar surface area (TPSA) is 135 Å². The molecule has 3 aliphatic rings. The number of hydrogen-bond donors (Lipinski definition) is 5. The maximum atomic E-state index is 12.6. The van der Waals surface area contributed by atoms with Crippen molar-refractivity contribution >= 4 is 11.9 Å². The summed E-state index contributed by atoms with van der Waals surface area (Å²) in [6.07, 6.45) is 6.21. The number of aliphatic carboxylic acids is 2. The van der Waals surface area contributed by atoms with Gasteiger partial charge in [0.25, 0.3) is 0 Å². The van der Waals surface area contributed by atoms with Crippen molar-refractivity contribution in [2.24, 2.45) is 34.0 Å². The lowest BCUT2D eigenvalue weighted by atomic mass is 9.48. The molecule has 0 amide bonds. The van der Waals surface area contributed by atoms with Gasteiger partial charge in [-0.25, -0.2) is 0 Å². The molecule has 0 aromatic rings. The van der Waals surface area contributed by atoms with Crippen LogP contribution in [-0.2, 0) is 9.59 Å². The Morgan fingerprint density at radius 2 is 1.76 bits per heavy atom. The van der Waals surface area contributed by atoms with Crippen LogP contribution in [0.25, 0.3) is 0 Å². The minimum absolute atomic E-state index is 0.0483. The molecule has 212 valence electrons. The van der Waals surface area contributed by atoms with Gasteiger partial charge in [-0.3, -0.25) is 9.59 Å². The van der Waals surface area contributed by atoms with Crippen molar-refractivity contribution in [3.05, 3.63) is 47.6 Å². The molecule has 1 saturated carbocycles. The average molecular weight is 531 g/mol. The van der Waals surface area contributed by atoms with E-state index in [1.165, 1.54) is 6.92 Å². The molecule has 0 radical (unpaired) electrons. The highest BCUT2D eigenvalue weighted by atomic mass is 16.4. The number of hydrogen-bond acceptors (Lipinski definition) is 5. The summed E-state index contributed by atoms with van der Waals surface area (Å²) < 4.78 is 0. The SMILES string of the molecule is C=C(C)C1CC=C2C(=CCC3(C)C(C(CCC(=C)C(C)(O)CO)C(=O)O)C(O)CC23C)C1(C)CCC(=O)O. The number of aliphatic hydroxyl groups excluding tert-OH is 2. The Labute approximate surface area is 226 Å². The lowest BCUT2D eigenvalue weighted by molar-refractivity contribution is -0.148. The largest absolute Gasteiger partial charge is 0.481 e. The molecular weight excluding hydrogens is 484 g/mol. The molecule has 5 N–H and O–H groups in total. The Hall–Kier alpha value is -2.22. The van der Waals surface area contributed by atoms with Gasteiger partial charge in [0.1, 0.15) is 5.60 Å². The number of allylic oxidation sites excluding steroid dienone is 5. The van der Waals surface area contributed by atoms with E-state index in [4.69, 9.17) is 0 Å². The van der Waals surface area contributed by atoms with E-state index in [1.54, 1.807) is 0 Å². The Morgan fingerprint density at radius 1 is 1.13 bits per heavy atom. The van der Waals surface area contributed by atoms with Gasteiger partial charge >= 0.3 is 11.9 Å². The van der Waals surface area contributed by atoms with Gasteiger partial charge < -0.3 is 25.5 Å². The molecule has 0 aromatic carbocycles. The summed E-state index contributed by atoms with van der Waals surface area (Å²) in [6.45, 7) is 17.4. The number of aliphatic hydroxyl groups is 3. The van der Waals surface area contributed by atoms with E-state index in [-0.39, 0.29) is 25.2 Å². The van der Waals surface area contributed by atoms with Crippen LogP contribution in [0.3, 0.4) is 0 Å². The molecule has 1 fully saturated rings. The lowest BCUT2D eigenvalue weighted by Gasteiger charge is -2.56. The second-order valence-corrected chi connectivity index (χ2v) is 13.0. The van der Waals surface area contributed by atoms with Crippen molar-refractivity contribution in [2.45, 2.75) is 91.3 Å². The molecule has 7 heteroatoms. The Morgan fingerprint density at radius 3 is 2.29 bits per heavy atom. The first kappa shape index (κ1) is 30.3. The molecule has 8 unspecified atom stereocenters. The van der Waals surface area contributed by atoms with Gasteiger partial charge in [-0.15, -0.1) is 0 Å². The van der Waals surface area contributed by atoms with Crippen LogP contribution in [0, 0.1) is 34.0 Å². The van der Waals surface area contributed by atoms with Crippen LogP contribution in [0.2, 0.25) is 0 Å². The van der Waals surface area contributed by atoms with Crippen molar-refractivity contribution in [1.29, 1.82) is 0 Å². The highest BCUT2D eigenvalue weighted by Gasteiger charge is 2.65. The highest BCUT2D eigenvalue weighted by Crippen LogP contribution is 2.70. The summed E-state index contributed by atoms with van der Waals surface area (Å²) in [6, 6.07) is 0. The van der Waals surface area contributed by atoms with E-state index < -0.39 is 58.3 Å². The zero-order valence-electron chi connectivity index (χ0n) is 23.6. The number of carboxylic acid groups (broad SMARTS) is 2. The third kappa shape index (κ3) is 4.82. The molecule has 8 atom stereocenters. The van der Waals surface area contributed by atoms with Crippen LogP contribution in [0.4, 0.5) is 0 Å². The zero-order chi connectivity index (χ0) is 28.8. The Kier molecular flexibility index (Phi) is 8.30. The van der Waals surface area contributed by atoms with Crippen LogP contribution < -0.4 is 0 Å². The third-order valence-electron chi connectivity index (χ3n) is 10.6. The van der Waals surface area contributed by atoms with Gasteiger partial charge in [0.15, 0.2) is 0 Å². The average Bonchev–Trinajstić information content (AvgIpc) is 3.03. The molecule has 0 aliphatic heterocycles. The maximum Gasteiger partial charge on any atom is 0.306 e.